The molecule has 2 rings (SSSR count). The molecule has 0 saturated heterocycles. The molecule has 2 heterocycles. The molecule has 1 atom stereocenters. The largest absolute Gasteiger partial charge is 0.369 e. The van der Waals surface area contributed by atoms with E-state index < -0.39 is 0 Å². The van der Waals surface area contributed by atoms with E-state index >= 15 is 0 Å². The third kappa shape index (κ3) is 3.56. The van der Waals surface area contributed by atoms with E-state index in [4.69, 9.17) is 0 Å². The van der Waals surface area contributed by atoms with Gasteiger partial charge in [-0.15, -0.1) is 0 Å². The summed E-state index contributed by atoms with van der Waals surface area (Å²) in [5.41, 5.74) is 0.881. The van der Waals surface area contributed by atoms with Crippen LogP contribution in [0.4, 0.5) is 11.6 Å². The maximum absolute atomic E-state index is 4.67. The minimum absolute atomic E-state index is 0.416. The standard InChI is InChI=1S/C14H23N5S/c1-4-6-15-12-9-19-8-7-16-14(19)13(18-12)17-11(5-2)10-20-3/h7-9,11,15H,4-6,10H2,1-3H3,(H,17,18). The van der Waals surface area contributed by atoms with Crippen molar-refractivity contribution in [3.05, 3.63) is 18.6 Å². The number of hydrogen-bond acceptors (Lipinski definition) is 5. The fourth-order valence-corrected chi connectivity index (χ4v) is 2.74. The summed E-state index contributed by atoms with van der Waals surface area (Å²) in [6.07, 6.45) is 10.0. The summed E-state index contributed by atoms with van der Waals surface area (Å²) < 4.78 is 2.01. The molecule has 1 unspecified atom stereocenters. The molecular weight excluding hydrogens is 270 g/mol. The first-order chi connectivity index (χ1) is 9.78. The van der Waals surface area contributed by atoms with Crippen molar-refractivity contribution in [2.75, 3.05) is 29.2 Å². The van der Waals surface area contributed by atoms with E-state index in [2.05, 4.69) is 40.7 Å². The molecule has 110 valence electrons. The Morgan fingerprint density at radius 2 is 2.25 bits per heavy atom. The van der Waals surface area contributed by atoms with Gasteiger partial charge in [-0.2, -0.15) is 11.8 Å². The van der Waals surface area contributed by atoms with Crippen molar-refractivity contribution in [1.29, 1.82) is 0 Å². The molecule has 2 aromatic rings. The number of nitrogens with one attached hydrogen (secondary N) is 2. The fraction of sp³-hybridized carbons (Fsp3) is 0.571. The maximum Gasteiger partial charge on any atom is 0.180 e. The summed E-state index contributed by atoms with van der Waals surface area (Å²) in [5.74, 6) is 2.81. The van der Waals surface area contributed by atoms with Gasteiger partial charge in [0.05, 0.1) is 6.20 Å². The summed E-state index contributed by atoms with van der Waals surface area (Å²) >= 11 is 1.85. The molecule has 0 aromatic carbocycles. The van der Waals surface area contributed by atoms with E-state index in [0.717, 1.165) is 42.4 Å². The van der Waals surface area contributed by atoms with Crippen molar-refractivity contribution in [3.8, 4) is 0 Å². The van der Waals surface area contributed by atoms with Crippen LogP contribution in [0.25, 0.3) is 5.65 Å². The Kier molecular flexibility index (Phi) is 5.52. The molecule has 0 aliphatic carbocycles. The molecule has 20 heavy (non-hydrogen) atoms. The van der Waals surface area contributed by atoms with Crippen molar-refractivity contribution in [1.82, 2.24) is 14.4 Å². The van der Waals surface area contributed by atoms with Crippen LogP contribution in [0.5, 0.6) is 0 Å². The summed E-state index contributed by atoms with van der Waals surface area (Å²) in [7, 11) is 0. The third-order valence-electron chi connectivity index (χ3n) is 3.13. The molecule has 5 nitrogen and oxygen atoms in total. The molecule has 6 heteroatoms. The molecule has 0 amide bonds. The molecule has 0 spiro atoms. The molecule has 2 aromatic heterocycles. The number of anilines is 2. The topological polar surface area (TPSA) is 54.2 Å². The van der Waals surface area contributed by atoms with E-state index in [1.54, 1.807) is 6.20 Å². The zero-order valence-corrected chi connectivity index (χ0v) is 13.2. The number of hydrogen-bond donors (Lipinski definition) is 2. The highest BCUT2D eigenvalue weighted by molar-refractivity contribution is 7.98. The Bertz CT molecular complexity index is 539. The van der Waals surface area contributed by atoms with Crippen LogP contribution in [0, 0.1) is 0 Å². The van der Waals surface area contributed by atoms with Crippen LogP contribution in [0.1, 0.15) is 26.7 Å². The van der Waals surface area contributed by atoms with Gasteiger partial charge in [0, 0.05) is 30.7 Å². The van der Waals surface area contributed by atoms with Gasteiger partial charge < -0.3 is 15.0 Å². The van der Waals surface area contributed by atoms with Crippen LogP contribution < -0.4 is 10.6 Å². The van der Waals surface area contributed by atoms with Crippen LogP contribution in [0.15, 0.2) is 18.6 Å². The van der Waals surface area contributed by atoms with Crippen molar-refractivity contribution >= 4 is 29.0 Å². The van der Waals surface area contributed by atoms with E-state index in [-0.39, 0.29) is 0 Å². The Hall–Kier alpha value is -1.43. The highest BCUT2D eigenvalue weighted by Gasteiger charge is 2.11. The number of nitrogens with zero attached hydrogens (tertiary/aromatic N) is 3. The molecule has 0 radical (unpaired) electrons. The molecular formula is C14H23N5S. The first kappa shape index (κ1) is 15.0. The van der Waals surface area contributed by atoms with E-state index in [1.165, 1.54) is 0 Å². The van der Waals surface area contributed by atoms with Gasteiger partial charge in [-0.3, -0.25) is 0 Å². The van der Waals surface area contributed by atoms with E-state index in [1.807, 2.05) is 28.6 Å². The van der Waals surface area contributed by atoms with Crippen molar-refractivity contribution in [3.63, 3.8) is 0 Å². The predicted octanol–water partition coefficient (Wildman–Crippen LogP) is 3.10. The second kappa shape index (κ2) is 7.38. The first-order valence-electron chi connectivity index (χ1n) is 7.11. The zero-order valence-electron chi connectivity index (χ0n) is 12.4. The second-order valence-corrected chi connectivity index (χ2v) is 5.68. The average molecular weight is 293 g/mol. The minimum atomic E-state index is 0.416. The normalized spacial score (nSPS) is 12.6. The molecule has 0 saturated carbocycles. The lowest BCUT2D eigenvalue weighted by Gasteiger charge is -2.17. The minimum Gasteiger partial charge on any atom is -0.369 e. The summed E-state index contributed by atoms with van der Waals surface area (Å²) in [5, 5.41) is 6.86. The smallest absolute Gasteiger partial charge is 0.180 e. The molecule has 0 fully saturated rings. The number of rotatable bonds is 8. The van der Waals surface area contributed by atoms with Crippen LogP contribution in [0.2, 0.25) is 0 Å². The average Bonchev–Trinajstić information content (AvgIpc) is 2.93. The Labute approximate surface area is 124 Å². The van der Waals surface area contributed by atoms with E-state index in [9.17, 15) is 0 Å². The molecule has 2 N–H and O–H groups in total. The number of thioether (sulfide) groups is 1. The predicted molar refractivity (Wildman–Crippen MR) is 87.9 cm³/mol. The van der Waals surface area contributed by atoms with Gasteiger partial charge >= 0.3 is 0 Å². The van der Waals surface area contributed by atoms with Crippen LogP contribution in [-0.2, 0) is 0 Å². The SMILES string of the molecule is CCCNc1cn2ccnc2c(NC(CC)CSC)n1. The monoisotopic (exact) mass is 293 g/mol. The van der Waals surface area contributed by atoms with Crippen LogP contribution in [-0.4, -0.2) is 39.0 Å². The van der Waals surface area contributed by atoms with Crippen molar-refractivity contribution in [2.24, 2.45) is 0 Å². The summed E-state index contributed by atoms with van der Waals surface area (Å²) in [6.45, 7) is 5.26. The molecule has 0 aliphatic rings. The highest BCUT2D eigenvalue weighted by atomic mass is 32.2. The number of imidazole rings is 1. The van der Waals surface area contributed by atoms with Crippen LogP contribution in [0.3, 0.4) is 0 Å². The number of fused-ring (bicyclic) bond motifs is 1. The van der Waals surface area contributed by atoms with Gasteiger partial charge in [-0.25, -0.2) is 9.97 Å². The summed E-state index contributed by atoms with van der Waals surface area (Å²) in [4.78, 5) is 9.06. The quantitative estimate of drug-likeness (QED) is 0.783. The van der Waals surface area contributed by atoms with Gasteiger partial charge in [0.15, 0.2) is 11.5 Å². The van der Waals surface area contributed by atoms with Gasteiger partial charge in [0.25, 0.3) is 0 Å². The Balaban J connectivity index is 2.26. The zero-order chi connectivity index (χ0) is 14.4. The number of aromatic nitrogens is 3. The van der Waals surface area contributed by atoms with Crippen LogP contribution >= 0.6 is 11.8 Å². The second-order valence-electron chi connectivity index (χ2n) is 4.76. The summed E-state index contributed by atoms with van der Waals surface area (Å²) in [6, 6.07) is 0.416. The Morgan fingerprint density at radius 3 is 2.95 bits per heavy atom. The van der Waals surface area contributed by atoms with Crippen molar-refractivity contribution in [2.45, 2.75) is 32.7 Å². The van der Waals surface area contributed by atoms with Crippen molar-refractivity contribution < 1.29 is 0 Å². The lowest BCUT2D eigenvalue weighted by atomic mass is 10.2. The lowest BCUT2D eigenvalue weighted by Crippen LogP contribution is -2.22. The maximum atomic E-state index is 4.67. The molecule has 0 aliphatic heterocycles. The highest BCUT2D eigenvalue weighted by Crippen LogP contribution is 2.18. The third-order valence-corrected chi connectivity index (χ3v) is 3.87. The van der Waals surface area contributed by atoms with Gasteiger partial charge in [0.1, 0.15) is 5.82 Å². The first-order valence-corrected chi connectivity index (χ1v) is 8.50. The fourth-order valence-electron chi connectivity index (χ4n) is 2.02. The van der Waals surface area contributed by atoms with Gasteiger partial charge in [-0.1, -0.05) is 13.8 Å². The van der Waals surface area contributed by atoms with Gasteiger partial charge in [0.2, 0.25) is 0 Å². The molecule has 0 bridgehead atoms. The van der Waals surface area contributed by atoms with Gasteiger partial charge in [-0.05, 0) is 19.1 Å². The van der Waals surface area contributed by atoms with E-state index in [0.29, 0.717) is 6.04 Å². The Morgan fingerprint density at radius 1 is 1.40 bits per heavy atom. The lowest BCUT2D eigenvalue weighted by molar-refractivity contribution is 0.769.